The maximum atomic E-state index is 13.2. The Kier molecular flexibility index (Phi) is 6.15. The van der Waals surface area contributed by atoms with E-state index < -0.39 is 0 Å². The number of imidazole rings is 1. The molecule has 0 radical (unpaired) electrons. The molecule has 4 heterocycles. The van der Waals surface area contributed by atoms with Gasteiger partial charge in [0.25, 0.3) is 5.56 Å². The van der Waals surface area contributed by atoms with Gasteiger partial charge in [0.2, 0.25) is 0 Å². The van der Waals surface area contributed by atoms with Crippen molar-refractivity contribution in [3.8, 4) is 11.4 Å². The van der Waals surface area contributed by atoms with Crippen molar-refractivity contribution in [1.82, 2.24) is 24.9 Å². The molecule has 11 nitrogen and oxygen atoms in total. The monoisotopic (exact) mass is 473 g/mol. The van der Waals surface area contributed by atoms with E-state index in [0.29, 0.717) is 47.5 Å². The molecule has 0 atom stereocenters. The van der Waals surface area contributed by atoms with Crippen LogP contribution in [0.25, 0.3) is 22.4 Å². The molecule has 0 spiro atoms. The first-order chi connectivity index (χ1) is 17.0. The minimum absolute atomic E-state index is 0.282. The van der Waals surface area contributed by atoms with Crippen molar-refractivity contribution in [1.29, 1.82) is 0 Å². The number of nitrogens with one attached hydrogen (secondary N) is 3. The van der Waals surface area contributed by atoms with Crippen LogP contribution < -0.4 is 21.5 Å². The average molecular weight is 474 g/mol. The van der Waals surface area contributed by atoms with Crippen molar-refractivity contribution in [2.24, 2.45) is 4.99 Å². The first kappa shape index (κ1) is 22.5. The van der Waals surface area contributed by atoms with E-state index in [9.17, 15) is 4.79 Å². The molecule has 35 heavy (non-hydrogen) atoms. The number of pyridine rings is 1. The minimum Gasteiger partial charge on any atom is -0.395 e. The lowest BCUT2D eigenvalue weighted by Crippen LogP contribution is -2.36. The molecule has 0 unspecified atom stereocenters. The SMILES string of the molecule is CN=Cc1[nH]c(=O)c(-c2nc3cc(N4CCOCC4)c(C)cc3[nH]2)c(NCc2ncccn2)c1N. The number of H-pyrrole nitrogens is 2. The number of nitrogens with two attached hydrogens (primary N) is 1. The Morgan fingerprint density at radius 1 is 1.23 bits per heavy atom. The molecule has 0 bridgehead atoms. The normalized spacial score (nSPS) is 14.2. The molecule has 1 fully saturated rings. The molecular weight excluding hydrogens is 446 g/mol. The van der Waals surface area contributed by atoms with Gasteiger partial charge in [0, 0.05) is 44.4 Å². The predicted molar refractivity (Wildman–Crippen MR) is 137 cm³/mol. The maximum absolute atomic E-state index is 13.2. The van der Waals surface area contributed by atoms with Crippen LogP contribution in [-0.2, 0) is 11.3 Å². The van der Waals surface area contributed by atoms with E-state index in [1.165, 1.54) is 6.21 Å². The van der Waals surface area contributed by atoms with Crippen molar-refractivity contribution < 1.29 is 4.74 Å². The minimum atomic E-state index is -0.338. The lowest BCUT2D eigenvalue weighted by molar-refractivity contribution is 0.122. The van der Waals surface area contributed by atoms with Crippen molar-refractivity contribution in [3.63, 3.8) is 0 Å². The van der Waals surface area contributed by atoms with Crippen molar-refractivity contribution in [3.05, 3.63) is 58.0 Å². The summed E-state index contributed by atoms with van der Waals surface area (Å²) < 4.78 is 5.49. The topological polar surface area (TPSA) is 150 Å². The summed E-state index contributed by atoms with van der Waals surface area (Å²) in [7, 11) is 1.62. The van der Waals surface area contributed by atoms with Gasteiger partial charge in [0.1, 0.15) is 17.2 Å². The Labute approximate surface area is 201 Å². The van der Waals surface area contributed by atoms with Crippen LogP contribution in [0.15, 0.2) is 40.4 Å². The molecule has 3 aromatic heterocycles. The number of hydrogen-bond donors (Lipinski definition) is 4. The number of rotatable bonds is 6. The number of ether oxygens (including phenoxy) is 1. The maximum Gasteiger partial charge on any atom is 0.261 e. The number of aromatic amines is 2. The zero-order valence-corrected chi connectivity index (χ0v) is 19.6. The van der Waals surface area contributed by atoms with Gasteiger partial charge in [-0.3, -0.25) is 9.79 Å². The fourth-order valence-corrected chi connectivity index (χ4v) is 4.28. The zero-order chi connectivity index (χ0) is 24.4. The summed E-state index contributed by atoms with van der Waals surface area (Å²) in [4.78, 5) is 38.9. The van der Waals surface area contributed by atoms with Crippen LogP contribution in [0.5, 0.6) is 0 Å². The highest BCUT2D eigenvalue weighted by Crippen LogP contribution is 2.33. The molecule has 5 N–H and O–H groups in total. The summed E-state index contributed by atoms with van der Waals surface area (Å²) in [5, 5.41) is 3.24. The molecule has 1 aliphatic heterocycles. The molecule has 11 heteroatoms. The third kappa shape index (κ3) is 4.45. The van der Waals surface area contributed by atoms with Crippen LogP contribution in [0, 0.1) is 6.92 Å². The average Bonchev–Trinajstić information content (AvgIpc) is 3.28. The first-order valence-electron chi connectivity index (χ1n) is 11.4. The number of morpholine rings is 1. The standard InChI is InChI=1S/C24H27N9O2/c1-14-10-15-16(11-18(14)33-6-8-35-9-7-33)31-23(30-15)20-22(29-13-19-27-4-3-5-28-19)21(25)17(12-26-2)32-24(20)34/h3-5,10-12H,6-9,13,25H2,1-2H3,(H,30,31)(H2,29,32,34). The van der Waals surface area contributed by atoms with Crippen molar-refractivity contribution in [2.45, 2.75) is 13.5 Å². The van der Waals surface area contributed by atoms with Crippen LogP contribution in [0.3, 0.4) is 0 Å². The van der Waals surface area contributed by atoms with E-state index in [1.807, 2.05) is 0 Å². The Morgan fingerprint density at radius 3 is 2.74 bits per heavy atom. The molecule has 1 aromatic carbocycles. The largest absolute Gasteiger partial charge is 0.395 e. The van der Waals surface area contributed by atoms with Gasteiger partial charge in [-0.2, -0.15) is 0 Å². The fourth-order valence-electron chi connectivity index (χ4n) is 4.28. The Morgan fingerprint density at radius 2 is 2.00 bits per heavy atom. The number of nitrogens with zero attached hydrogens (tertiary/aromatic N) is 5. The molecular formula is C24H27N9O2. The lowest BCUT2D eigenvalue weighted by atomic mass is 10.1. The van der Waals surface area contributed by atoms with Crippen molar-refractivity contribution in [2.75, 3.05) is 49.3 Å². The quantitative estimate of drug-likeness (QED) is 0.311. The molecule has 0 saturated carbocycles. The summed E-state index contributed by atoms with van der Waals surface area (Å²) >= 11 is 0. The van der Waals surface area contributed by atoms with Crippen LogP contribution in [0.4, 0.5) is 17.1 Å². The number of aryl methyl sites for hydroxylation is 1. The highest BCUT2D eigenvalue weighted by molar-refractivity contribution is 5.95. The Balaban J connectivity index is 1.60. The number of anilines is 3. The number of fused-ring (bicyclic) bond motifs is 1. The number of hydrogen-bond acceptors (Lipinski definition) is 9. The first-order valence-corrected chi connectivity index (χ1v) is 11.4. The highest BCUT2D eigenvalue weighted by atomic mass is 16.5. The van der Waals surface area contributed by atoms with Crippen molar-refractivity contribution >= 4 is 34.3 Å². The van der Waals surface area contributed by atoms with Crippen LogP contribution in [0.2, 0.25) is 0 Å². The molecule has 0 amide bonds. The molecule has 180 valence electrons. The van der Waals surface area contributed by atoms with Gasteiger partial charge >= 0.3 is 0 Å². The summed E-state index contributed by atoms with van der Waals surface area (Å²) in [6, 6.07) is 5.85. The third-order valence-electron chi connectivity index (χ3n) is 5.97. The Hall–Kier alpha value is -4.25. The van der Waals surface area contributed by atoms with E-state index in [2.05, 4.69) is 54.2 Å². The molecule has 5 rings (SSSR count). The van der Waals surface area contributed by atoms with Gasteiger partial charge in [-0.1, -0.05) is 0 Å². The third-order valence-corrected chi connectivity index (χ3v) is 5.97. The second-order valence-corrected chi connectivity index (χ2v) is 8.28. The number of nitrogen functional groups attached to an aromatic ring is 1. The Bertz CT molecular complexity index is 1440. The fraction of sp³-hybridized carbons (Fsp3) is 0.292. The molecule has 0 aliphatic carbocycles. The summed E-state index contributed by atoms with van der Waals surface area (Å²) in [5.41, 5.74) is 11.5. The van der Waals surface area contributed by atoms with E-state index in [-0.39, 0.29) is 12.1 Å². The van der Waals surface area contributed by atoms with E-state index >= 15 is 0 Å². The molecule has 4 aromatic rings. The molecule has 1 aliphatic rings. The lowest BCUT2D eigenvalue weighted by Gasteiger charge is -2.30. The summed E-state index contributed by atoms with van der Waals surface area (Å²) in [5.74, 6) is 0.988. The second-order valence-electron chi connectivity index (χ2n) is 8.28. The highest BCUT2D eigenvalue weighted by Gasteiger charge is 2.21. The summed E-state index contributed by atoms with van der Waals surface area (Å²) in [6.07, 6.45) is 4.84. The number of aliphatic imine (C=N–C) groups is 1. The predicted octanol–water partition coefficient (Wildman–Crippen LogP) is 2.10. The van der Waals surface area contributed by atoms with E-state index in [0.717, 1.165) is 35.4 Å². The van der Waals surface area contributed by atoms with Gasteiger partial charge in [0.15, 0.2) is 0 Å². The second kappa shape index (κ2) is 9.55. The van der Waals surface area contributed by atoms with Gasteiger partial charge in [-0.15, -0.1) is 0 Å². The van der Waals surface area contributed by atoms with Crippen LogP contribution in [-0.4, -0.2) is 64.5 Å². The van der Waals surface area contributed by atoms with Gasteiger partial charge in [-0.25, -0.2) is 15.0 Å². The van der Waals surface area contributed by atoms with Gasteiger partial charge in [-0.05, 0) is 30.7 Å². The molecule has 1 saturated heterocycles. The van der Waals surface area contributed by atoms with Gasteiger partial charge < -0.3 is 30.7 Å². The number of aromatic nitrogens is 5. The van der Waals surface area contributed by atoms with Crippen LogP contribution >= 0.6 is 0 Å². The van der Waals surface area contributed by atoms with Gasteiger partial charge in [0.05, 0.1) is 47.9 Å². The smallest absolute Gasteiger partial charge is 0.261 e. The van der Waals surface area contributed by atoms with Crippen LogP contribution in [0.1, 0.15) is 17.1 Å². The van der Waals surface area contributed by atoms with E-state index in [1.54, 1.807) is 25.5 Å². The summed E-state index contributed by atoms with van der Waals surface area (Å²) in [6.45, 7) is 5.41. The zero-order valence-electron chi connectivity index (χ0n) is 19.6. The number of benzene rings is 1. The van der Waals surface area contributed by atoms with E-state index in [4.69, 9.17) is 15.5 Å².